The molecule has 0 bridgehead atoms. The molecule has 0 radical (unpaired) electrons. The molecule has 3 rings (SSSR count). The van der Waals surface area contributed by atoms with Crippen LogP contribution in [0.5, 0.6) is 5.75 Å². The Kier molecular flexibility index (Phi) is 12.8. The van der Waals surface area contributed by atoms with Crippen molar-refractivity contribution in [2.75, 3.05) is 66.7 Å². The van der Waals surface area contributed by atoms with Crippen molar-refractivity contribution in [1.29, 1.82) is 0 Å². The van der Waals surface area contributed by atoms with Gasteiger partial charge in [0, 0.05) is 59.3 Å². The summed E-state index contributed by atoms with van der Waals surface area (Å²) < 4.78 is 16.7. The number of likely N-dealkylation sites (tertiary alicyclic amines) is 1. The van der Waals surface area contributed by atoms with Crippen molar-refractivity contribution >= 4 is 11.8 Å². The lowest BCUT2D eigenvalue weighted by atomic mass is 9.82. The molecule has 1 aromatic carbocycles. The first kappa shape index (κ1) is 33.2. The first-order valence-corrected chi connectivity index (χ1v) is 14.6. The molecular weight excluding hydrogens is 530 g/mol. The summed E-state index contributed by atoms with van der Waals surface area (Å²) in [5.74, 6) is 0.308. The lowest BCUT2D eigenvalue weighted by molar-refractivity contribution is -0.141. The Morgan fingerprint density at radius 3 is 2.41 bits per heavy atom. The van der Waals surface area contributed by atoms with E-state index in [-0.39, 0.29) is 49.4 Å². The van der Waals surface area contributed by atoms with Crippen LogP contribution in [0.4, 0.5) is 0 Å². The Morgan fingerprint density at radius 2 is 1.80 bits per heavy atom. The summed E-state index contributed by atoms with van der Waals surface area (Å²) in [5, 5.41) is 31.2. The van der Waals surface area contributed by atoms with Gasteiger partial charge in [0.25, 0.3) is 0 Å². The van der Waals surface area contributed by atoms with Crippen molar-refractivity contribution in [3.05, 3.63) is 29.8 Å². The van der Waals surface area contributed by atoms with Crippen LogP contribution in [0.1, 0.15) is 45.2 Å². The molecule has 2 fully saturated rings. The maximum atomic E-state index is 14.0. The number of β-amino-alcohol motifs (C(OH)–C–C–N with tert-alkyl or cyclic N) is 1. The van der Waals surface area contributed by atoms with E-state index in [0.29, 0.717) is 51.4 Å². The molecule has 2 saturated heterocycles. The van der Waals surface area contributed by atoms with Crippen LogP contribution in [0.25, 0.3) is 0 Å². The molecule has 11 nitrogen and oxygen atoms in total. The molecule has 2 heterocycles. The fraction of sp³-hybridized carbons (Fsp3) is 0.733. The van der Waals surface area contributed by atoms with Crippen molar-refractivity contribution in [2.45, 2.75) is 64.1 Å². The molecule has 2 aliphatic rings. The quantitative estimate of drug-likeness (QED) is 0.450. The molecule has 2 amide bonds. The Hall–Kier alpha value is -2.28. The van der Waals surface area contributed by atoms with E-state index in [1.165, 1.54) is 14.0 Å². The summed E-state index contributed by atoms with van der Waals surface area (Å²) in [7, 11) is 3.05. The maximum absolute atomic E-state index is 14.0. The molecule has 5 atom stereocenters. The number of carbonyl (C=O) groups is 2. The van der Waals surface area contributed by atoms with Crippen molar-refractivity contribution in [1.82, 2.24) is 14.7 Å². The molecule has 0 unspecified atom stereocenters. The normalized spacial score (nSPS) is 28.1. The number of hydrogen-bond acceptors (Lipinski definition) is 9. The molecule has 41 heavy (non-hydrogen) atoms. The van der Waals surface area contributed by atoms with Gasteiger partial charge in [-0.05, 0) is 36.5 Å². The fourth-order valence-corrected chi connectivity index (χ4v) is 5.69. The molecule has 1 aromatic rings. The number of benzene rings is 1. The fourth-order valence-electron chi connectivity index (χ4n) is 5.69. The zero-order chi connectivity index (χ0) is 30.1. The van der Waals surface area contributed by atoms with Crippen LogP contribution in [0.15, 0.2) is 24.3 Å². The predicted molar refractivity (Wildman–Crippen MR) is 153 cm³/mol. The SMILES string of the molecule is COc1cccc([C@@H]2[C@@H](C(C)C)CN(C(C)=O)C[C@H](OC)[C@@H](O)[C@@H](O)COCCCCN2C(=O)CN2CC(O)C2)c1. The Bertz CT molecular complexity index is 973. The molecule has 0 aliphatic carbocycles. The van der Waals surface area contributed by atoms with Gasteiger partial charge in [0.2, 0.25) is 11.8 Å². The van der Waals surface area contributed by atoms with E-state index >= 15 is 0 Å². The highest BCUT2D eigenvalue weighted by molar-refractivity contribution is 5.79. The second kappa shape index (κ2) is 15.8. The number of carbonyl (C=O) groups excluding carboxylic acids is 2. The number of hydrogen-bond donors (Lipinski definition) is 3. The van der Waals surface area contributed by atoms with Crippen LogP contribution in [0.3, 0.4) is 0 Å². The van der Waals surface area contributed by atoms with Gasteiger partial charge in [-0.15, -0.1) is 0 Å². The van der Waals surface area contributed by atoms with Crippen LogP contribution in [0.2, 0.25) is 0 Å². The first-order chi connectivity index (χ1) is 19.5. The van der Waals surface area contributed by atoms with Crippen molar-refractivity contribution in [3.63, 3.8) is 0 Å². The summed E-state index contributed by atoms with van der Waals surface area (Å²) in [5.41, 5.74) is 0.905. The monoisotopic (exact) mass is 579 g/mol. The number of aliphatic hydroxyl groups excluding tert-OH is 3. The predicted octanol–water partition coefficient (Wildman–Crippen LogP) is 0.909. The van der Waals surface area contributed by atoms with Gasteiger partial charge in [-0.25, -0.2) is 0 Å². The standard InChI is InChI=1S/C30H49N3O8/c1-20(2)25-16-32(21(3)34)17-27(40-5)30(38)26(36)19-41-12-7-6-11-33(28(37)18-31-14-23(35)15-31)29(25)22-9-8-10-24(13-22)39-4/h8-10,13,20,23,25-27,29-30,35-36,38H,6-7,11-12,14-19H2,1-5H3/t25-,26+,27+,29-,30+/m1/s1. The largest absolute Gasteiger partial charge is 0.497 e. The minimum absolute atomic E-state index is 0.0457. The van der Waals surface area contributed by atoms with Gasteiger partial charge < -0.3 is 39.3 Å². The van der Waals surface area contributed by atoms with Crippen molar-refractivity contribution < 1.29 is 39.1 Å². The summed E-state index contributed by atoms with van der Waals surface area (Å²) in [6.45, 7) is 7.90. The van der Waals surface area contributed by atoms with Gasteiger partial charge in [0.05, 0.1) is 32.4 Å². The average Bonchev–Trinajstić information content (AvgIpc) is 2.93. The molecule has 3 N–H and O–H groups in total. The van der Waals surface area contributed by atoms with Crippen molar-refractivity contribution in [2.24, 2.45) is 11.8 Å². The minimum atomic E-state index is -1.25. The van der Waals surface area contributed by atoms with Gasteiger partial charge >= 0.3 is 0 Å². The van der Waals surface area contributed by atoms with Crippen LogP contribution < -0.4 is 4.74 Å². The number of nitrogens with zero attached hydrogens (tertiary/aromatic N) is 3. The number of amides is 2. The molecule has 2 aliphatic heterocycles. The van der Waals surface area contributed by atoms with E-state index in [1.54, 1.807) is 12.0 Å². The van der Waals surface area contributed by atoms with Crippen molar-refractivity contribution in [3.8, 4) is 5.75 Å². The van der Waals surface area contributed by atoms with Gasteiger partial charge in [0.15, 0.2) is 0 Å². The smallest absolute Gasteiger partial charge is 0.237 e. The van der Waals surface area contributed by atoms with E-state index in [9.17, 15) is 24.9 Å². The van der Waals surface area contributed by atoms with E-state index in [0.717, 1.165) is 5.56 Å². The minimum Gasteiger partial charge on any atom is -0.497 e. The highest BCUT2D eigenvalue weighted by atomic mass is 16.5. The molecule has 11 heteroatoms. The van der Waals surface area contributed by atoms with E-state index in [2.05, 4.69) is 13.8 Å². The van der Waals surface area contributed by atoms with Crippen LogP contribution in [-0.2, 0) is 19.1 Å². The lowest BCUT2D eigenvalue weighted by Gasteiger charge is -2.43. The second-order valence-corrected chi connectivity index (χ2v) is 11.6. The maximum Gasteiger partial charge on any atom is 0.237 e. The van der Waals surface area contributed by atoms with Crippen LogP contribution >= 0.6 is 0 Å². The topological polar surface area (TPSA) is 132 Å². The molecule has 0 aromatic heterocycles. The summed E-state index contributed by atoms with van der Waals surface area (Å²) >= 11 is 0. The number of ether oxygens (including phenoxy) is 3. The van der Waals surface area contributed by atoms with Gasteiger partial charge in [0.1, 0.15) is 24.1 Å². The molecule has 232 valence electrons. The molecule has 0 spiro atoms. The Morgan fingerprint density at radius 1 is 1.07 bits per heavy atom. The van der Waals surface area contributed by atoms with Gasteiger partial charge in [-0.3, -0.25) is 14.5 Å². The first-order valence-electron chi connectivity index (χ1n) is 14.6. The number of aliphatic hydroxyl groups is 3. The molecular formula is C30H49N3O8. The summed E-state index contributed by atoms with van der Waals surface area (Å²) in [6.07, 6.45) is -2.35. The summed E-state index contributed by atoms with van der Waals surface area (Å²) in [6, 6.07) is 7.33. The van der Waals surface area contributed by atoms with Crippen LogP contribution in [0, 0.1) is 11.8 Å². The van der Waals surface area contributed by atoms with Gasteiger partial charge in [-0.1, -0.05) is 26.0 Å². The van der Waals surface area contributed by atoms with E-state index in [1.807, 2.05) is 34.1 Å². The zero-order valence-electron chi connectivity index (χ0n) is 25.1. The van der Waals surface area contributed by atoms with E-state index < -0.39 is 24.4 Å². The third-order valence-electron chi connectivity index (χ3n) is 8.23. The Balaban J connectivity index is 2.07. The number of methoxy groups -OCH3 is 2. The number of rotatable bonds is 6. The Labute approximate surface area is 244 Å². The molecule has 0 saturated carbocycles. The highest BCUT2D eigenvalue weighted by Crippen LogP contribution is 2.37. The highest BCUT2D eigenvalue weighted by Gasteiger charge is 2.38. The lowest BCUT2D eigenvalue weighted by Crippen LogP contribution is -2.56. The van der Waals surface area contributed by atoms with Gasteiger partial charge in [-0.2, -0.15) is 0 Å². The second-order valence-electron chi connectivity index (χ2n) is 11.6. The summed E-state index contributed by atoms with van der Waals surface area (Å²) in [4.78, 5) is 32.4. The zero-order valence-corrected chi connectivity index (χ0v) is 25.1. The van der Waals surface area contributed by atoms with E-state index in [4.69, 9.17) is 14.2 Å². The average molecular weight is 580 g/mol. The van der Waals surface area contributed by atoms with Crippen LogP contribution in [-0.4, -0.2) is 133 Å². The third kappa shape index (κ3) is 9.10. The third-order valence-corrected chi connectivity index (χ3v) is 8.23.